The number of rotatable bonds is 5. The van der Waals surface area contributed by atoms with Gasteiger partial charge in [-0.1, -0.05) is 34.7 Å². The van der Waals surface area contributed by atoms with Gasteiger partial charge in [-0.3, -0.25) is 4.79 Å². The summed E-state index contributed by atoms with van der Waals surface area (Å²) < 4.78 is 5.70. The predicted octanol–water partition coefficient (Wildman–Crippen LogP) is 2.51. The van der Waals surface area contributed by atoms with Crippen molar-refractivity contribution in [1.29, 1.82) is 0 Å². The average molecular weight is 331 g/mol. The lowest BCUT2D eigenvalue weighted by Gasteiger charge is -2.07. The third-order valence-corrected chi connectivity index (χ3v) is 4.37. The summed E-state index contributed by atoms with van der Waals surface area (Å²) in [6, 6.07) is 5.04. The molecule has 0 saturated carbocycles. The van der Waals surface area contributed by atoms with Crippen LogP contribution in [0.2, 0.25) is 5.02 Å². The number of nitrogens with one attached hydrogen (secondary N) is 1. The number of nitrogens with two attached hydrogens (primary N) is 1. The molecule has 1 amide bonds. The van der Waals surface area contributed by atoms with Crippen LogP contribution in [0.1, 0.15) is 0 Å². The first-order chi connectivity index (χ1) is 9.58. The Hall–Kier alpha value is -1.51. The highest BCUT2D eigenvalue weighted by molar-refractivity contribution is 8.01. The number of nitrogen functional groups attached to an aromatic ring is 1. The Labute approximate surface area is 128 Å². The minimum Gasteiger partial charge on any atom is -0.495 e. The number of nitrogens with zero attached hydrogens (tertiary/aromatic N) is 2. The first-order valence-electron chi connectivity index (χ1n) is 5.43. The standard InChI is InChI=1S/C11H11ClN4O2S2/c1-18-8-3-2-6(4-7(8)12)14-9(17)5-19-11-16-15-10(13)20-11/h2-4H,5H2,1H3,(H2,13,15)(H,14,17). The Morgan fingerprint density at radius 3 is 2.95 bits per heavy atom. The monoisotopic (exact) mass is 330 g/mol. The van der Waals surface area contributed by atoms with Crippen LogP contribution in [0, 0.1) is 0 Å². The lowest BCUT2D eigenvalue weighted by Crippen LogP contribution is -2.13. The van der Waals surface area contributed by atoms with E-state index in [1.165, 1.54) is 30.2 Å². The molecule has 0 aliphatic carbocycles. The molecule has 20 heavy (non-hydrogen) atoms. The summed E-state index contributed by atoms with van der Waals surface area (Å²) in [7, 11) is 1.53. The number of carbonyl (C=O) groups excluding carboxylic acids is 1. The number of hydrogen-bond donors (Lipinski definition) is 2. The lowest BCUT2D eigenvalue weighted by atomic mass is 10.3. The molecule has 0 atom stereocenters. The molecule has 2 rings (SSSR count). The van der Waals surface area contributed by atoms with Gasteiger partial charge in [0.1, 0.15) is 5.75 Å². The summed E-state index contributed by atoms with van der Waals surface area (Å²) in [5.74, 6) is 0.617. The van der Waals surface area contributed by atoms with Gasteiger partial charge in [-0.15, -0.1) is 10.2 Å². The number of ether oxygens (including phenoxy) is 1. The van der Waals surface area contributed by atoms with Crippen molar-refractivity contribution >= 4 is 51.4 Å². The summed E-state index contributed by atoms with van der Waals surface area (Å²) in [5.41, 5.74) is 6.07. The molecule has 0 unspecified atom stereocenters. The van der Waals surface area contributed by atoms with E-state index >= 15 is 0 Å². The van der Waals surface area contributed by atoms with Crippen molar-refractivity contribution < 1.29 is 9.53 Å². The third kappa shape index (κ3) is 3.99. The van der Waals surface area contributed by atoms with Gasteiger partial charge in [-0.05, 0) is 18.2 Å². The van der Waals surface area contributed by atoms with Crippen LogP contribution in [-0.4, -0.2) is 29.0 Å². The summed E-state index contributed by atoms with van der Waals surface area (Å²) in [4.78, 5) is 11.8. The Kier molecular flexibility index (Phi) is 5.05. The molecule has 0 fully saturated rings. The van der Waals surface area contributed by atoms with E-state index in [0.29, 0.717) is 25.9 Å². The largest absolute Gasteiger partial charge is 0.495 e. The molecule has 1 aromatic carbocycles. The maximum atomic E-state index is 11.8. The van der Waals surface area contributed by atoms with Gasteiger partial charge in [-0.2, -0.15) is 0 Å². The molecule has 0 bridgehead atoms. The van der Waals surface area contributed by atoms with Gasteiger partial charge in [0, 0.05) is 5.69 Å². The predicted molar refractivity (Wildman–Crippen MR) is 81.7 cm³/mol. The highest BCUT2D eigenvalue weighted by atomic mass is 35.5. The molecule has 0 aliphatic rings. The number of anilines is 2. The molecule has 3 N–H and O–H groups in total. The number of halogens is 1. The van der Waals surface area contributed by atoms with E-state index in [0.717, 1.165) is 0 Å². The second-order valence-corrected chi connectivity index (χ2v) is 6.23. The first kappa shape index (κ1) is 14.9. The van der Waals surface area contributed by atoms with Gasteiger partial charge in [0.05, 0.1) is 17.9 Å². The summed E-state index contributed by atoms with van der Waals surface area (Å²) in [6.45, 7) is 0. The van der Waals surface area contributed by atoms with Crippen LogP contribution >= 0.6 is 34.7 Å². The molecule has 0 aliphatic heterocycles. The fourth-order valence-corrected chi connectivity index (χ4v) is 3.04. The average Bonchev–Trinajstić information content (AvgIpc) is 2.82. The summed E-state index contributed by atoms with van der Waals surface area (Å²) in [5, 5.41) is 11.1. The van der Waals surface area contributed by atoms with Crippen molar-refractivity contribution in [3.63, 3.8) is 0 Å². The van der Waals surface area contributed by atoms with Crippen LogP contribution in [0.5, 0.6) is 5.75 Å². The maximum absolute atomic E-state index is 11.8. The minimum absolute atomic E-state index is 0.162. The molecule has 2 aromatic rings. The molecule has 0 radical (unpaired) electrons. The summed E-state index contributed by atoms with van der Waals surface area (Å²) in [6.07, 6.45) is 0. The zero-order valence-electron chi connectivity index (χ0n) is 10.4. The Balaban J connectivity index is 1.89. The normalized spacial score (nSPS) is 10.3. The van der Waals surface area contributed by atoms with Crippen molar-refractivity contribution in [3.8, 4) is 5.75 Å². The second kappa shape index (κ2) is 6.78. The van der Waals surface area contributed by atoms with Gasteiger partial charge in [0.15, 0.2) is 4.34 Å². The van der Waals surface area contributed by atoms with Crippen LogP contribution < -0.4 is 15.8 Å². The number of carbonyl (C=O) groups is 1. The van der Waals surface area contributed by atoms with Crippen molar-refractivity contribution in [2.75, 3.05) is 23.9 Å². The molecule has 1 heterocycles. The van der Waals surface area contributed by atoms with Crippen LogP contribution in [0.4, 0.5) is 10.8 Å². The number of hydrogen-bond acceptors (Lipinski definition) is 7. The van der Waals surface area contributed by atoms with Gasteiger partial charge < -0.3 is 15.8 Å². The molecule has 6 nitrogen and oxygen atoms in total. The van der Waals surface area contributed by atoms with Crippen molar-refractivity contribution in [2.24, 2.45) is 0 Å². The van der Waals surface area contributed by atoms with Crippen LogP contribution in [0.25, 0.3) is 0 Å². The smallest absolute Gasteiger partial charge is 0.234 e. The quantitative estimate of drug-likeness (QED) is 0.819. The number of benzene rings is 1. The fourth-order valence-electron chi connectivity index (χ4n) is 1.35. The van der Waals surface area contributed by atoms with Crippen LogP contribution in [0.3, 0.4) is 0 Å². The molecule has 0 spiro atoms. The van der Waals surface area contributed by atoms with Crippen LogP contribution in [0.15, 0.2) is 22.5 Å². The van der Waals surface area contributed by atoms with E-state index in [1.807, 2.05) is 0 Å². The second-order valence-electron chi connectivity index (χ2n) is 3.59. The summed E-state index contributed by atoms with van der Waals surface area (Å²) >= 11 is 8.50. The topological polar surface area (TPSA) is 90.1 Å². The highest BCUT2D eigenvalue weighted by Crippen LogP contribution is 2.28. The van der Waals surface area contributed by atoms with Gasteiger partial charge in [0.2, 0.25) is 11.0 Å². The molecule has 0 saturated heterocycles. The number of aromatic nitrogens is 2. The lowest BCUT2D eigenvalue weighted by molar-refractivity contribution is -0.113. The third-order valence-electron chi connectivity index (χ3n) is 2.18. The van der Waals surface area contributed by atoms with E-state index in [4.69, 9.17) is 22.1 Å². The SMILES string of the molecule is COc1ccc(NC(=O)CSc2nnc(N)s2)cc1Cl. The maximum Gasteiger partial charge on any atom is 0.234 e. The van der Waals surface area contributed by atoms with Crippen LogP contribution in [-0.2, 0) is 4.79 Å². The number of methoxy groups -OCH3 is 1. The molecule has 1 aromatic heterocycles. The van der Waals surface area contributed by atoms with Crippen molar-refractivity contribution in [1.82, 2.24) is 10.2 Å². The Morgan fingerprint density at radius 1 is 1.55 bits per heavy atom. The van der Waals surface area contributed by atoms with E-state index in [2.05, 4.69) is 15.5 Å². The molecule has 106 valence electrons. The Morgan fingerprint density at radius 2 is 2.35 bits per heavy atom. The zero-order chi connectivity index (χ0) is 14.5. The van der Waals surface area contributed by atoms with E-state index in [-0.39, 0.29) is 11.7 Å². The number of thioether (sulfide) groups is 1. The minimum atomic E-state index is -0.162. The van der Waals surface area contributed by atoms with Crippen molar-refractivity contribution in [3.05, 3.63) is 23.2 Å². The van der Waals surface area contributed by atoms with Gasteiger partial charge in [0.25, 0.3) is 0 Å². The van der Waals surface area contributed by atoms with Gasteiger partial charge >= 0.3 is 0 Å². The first-order valence-corrected chi connectivity index (χ1v) is 7.61. The van der Waals surface area contributed by atoms with Crippen molar-refractivity contribution in [2.45, 2.75) is 4.34 Å². The molecule has 9 heteroatoms. The van der Waals surface area contributed by atoms with E-state index in [9.17, 15) is 4.79 Å². The number of amides is 1. The molecular formula is C11H11ClN4O2S2. The fraction of sp³-hybridized carbons (Fsp3) is 0.182. The Bertz CT molecular complexity index is 620. The van der Waals surface area contributed by atoms with E-state index < -0.39 is 0 Å². The molecular weight excluding hydrogens is 320 g/mol. The highest BCUT2D eigenvalue weighted by Gasteiger charge is 2.08. The van der Waals surface area contributed by atoms with E-state index in [1.54, 1.807) is 18.2 Å². The zero-order valence-corrected chi connectivity index (χ0v) is 12.8. The van der Waals surface area contributed by atoms with Gasteiger partial charge in [-0.25, -0.2) is 0 Å².